The summed E-state index contributed by atoms with van der Waals surface area (Å²) >= 11 is 0. The van der Waals surface area contributed by atoms with Gasteiger partial charge in [0.1, 0.15) is 0 Å². The van der Waals surface area contributed by atoms with Crippen molar-refractivity contribution < 1.29 is 5.11 Å². The smallest absolute Gasteiger partial charge is 0.0628 e. The van der Waals surface area contributed by atoms with Crippen LogP contribution in [-0.2, 0) is 26.9 Å². The van der Waals surface area contributed by atoms with Crippen molar-refractivity contribution in [1.29, 1.82) is 0 Å². The third-order valence-corrected chi connectivity index (χ3v) is 3.93. The molecule has 2 aromatic rings. The lowest BCUT2D eigenvalue weighted by Crippen LogP contribution is -2.14. The van der Waals surface area contributed by atoms with Gasteiger partial charge in [0.05, 0.1) is 17.5 Å². The van der Waals surface area contributed by atoms with Crippen molar-refractivity contribution in [3.63, 3.8) is 0 Å². The van der Waals surface area contributed by atoms with E-state index < -0.39 is 0 Å². The second kappa shape index (κ2) is 5.79. The van der Waals surface area contributed by atoms with Gasteiger partial charge >= 0.3 is 0 Å². The summed E-state index contributed by atoms with van der Waals surface area (Å²) in [7, 11) is 3.88. The van der Waals surface area contributed by atoms with E-state index in [1.165, 1.54) is 11.3 Å². The lowest BCUT2D eigenvalue weighted by Gasteiger charge is -2.11. The summed E-state index contributed by atoms with van der Waals surface area (Å²) in [6.45, 7) is 6.07. The van der Waals surface area contributed by atoms with Crippen LogP contribution in [-0.4, -0.2) is 30.8 Å². The van der Waals surface area contributed by atoms with Crippen LogP contribution < -0.4 is 0 Å². The highest BCUT2D eigenvalue weighted by molar-refractivity contribution is 5.24. The second-order valence-corrected chi connectivity index (χ2v) is 5.57. The van der Waals surface area contributed by atoms with Crippen LogP contribution >= 0.6 is 0 Å². The predicted octanol–water partition coefficient (Wildman–Crippen LogP) is 1.62. The largest absolute Gasteiger partial charge is 0.393 e. The molecule has 20 heavy (non-hydrogen) atoms. The highest BCUT2D eigenvalue weighted by atomic mass is 16.3. The fourth-order valence-corrected chi connectivity index (χ4v) is 2.69. The van der Waals surface area contributed by atoms with E-state index >= 15 is 0 Å². The fraction of sp³-hybridized carbons (Fsp3) is 0.600. The topological polar surface area (TPSA) is 55.9 Å². The lowest BCUT2D eigenvalue weighted by atomic mass is 10.0. The minimum atomic E-state index is -0.344. The Morgan fingerprint density at radius 1 is 1.15 bits per heavy atom. The molecular formula is C15H24N4O. The first-order chi connectivity index (χ1) is 9.38. The van der Waals surface area contributed by atoms with E-state index in [1.54, 1.807) is 0 Å². The third kappa shape index (κ3) is 3.10. The monoisotopic (exact) mass is 276 g/mol. The van der Waals surface area contributed by atoms with Crippen LogP contribution in [0.5, 0.6) is 0 Å². The molecule has 5 nitrogen and oxygen atoms in total. The van der Waals surface area contributed by atoms with Crippen LogP contribution in [0.2, 0.25) is 0 Å². The van der Waals surface area contributed by atoms with Crippen molar-refractivity contribution >= 4 is 0 Å². The molecule has 0 saturated carbocycles. The van der Waals surface area contributed by atoms with Gasteiger partial charge in [-0.1, -0.05) is 0 Å². The number of hydrogen-bond donors (Lipinski definition) is 1. The minimum absolute atomic E-state index is 0.344. The Hall–Kier alpha value is -1.62. The maximum atomic E-state index is 10.2. The molecule has 1 unspecified atom stereocenters. The molecule has 0 aromatic carbocycles. The fourth-order valence-electron chi connectivity index (χ4n) is 2.69. The lowest BCUT2D eigenvalue weighted by molar-refractivity contribution is 0.162. The normalized spacial score (nSPS) is 12.9. The van der Waals surface area contributed by atoms with Crippen molar-refractivity contribution in [2.45, 2.75) is 46.1 Å². The predicted molar refractivity (Wildman–Crippen MR) is 78.7 cm³/mol. The maximum absolute atomic E-state index is 10.2. The van der Waals surface area contributed by atoms with Gasteiger partial charge in [-0.05, 0) is 45.2 Å². The summed E-state index contributed by atoms with van der Waals surface area (Å²) in [6, 6.07) is 2.03. The zero-order chi connectivity index (χ0) is 14.9. The molecule has 2 heterocycles. The molecule has 0 amide bonds. The first-order valence-corrected chi connectivity index (χ1v) is 7.05. The van der Waals surface area contributed by atoms with Crippen molar-refractivity contribution in [2.24, 2.45) is 14.1 Å². The standard InChI is InChI=1S/C15H24N4O/c1-10-8-13(19(5)16-10)9-14(20)6-7-15-11(2)17-18(4)12(15)3/h8,14,20H,6-7,9H2,1-5H3. The zero-order valence-electron chi connectivity index (χ0n) is 13.0. The summed E-state index contributed by atoms with van der Waals surface area (Å²) in [5, 5.41) is 18.9. The Morgan fingerprint density at radius 2 is 1.85 bits per heavy atom. The zero-order valence-corrected chi connectivity index (χ0v) is 13.0. The molecule has 0 spiro atoms. The Labute approximate surface area is 120 Å². The van der Waals surface area contributed by atoms with Gasteiger partial charge in [0, 0.05) is 31.9 Å². The third-order valence-electron chi connectivity index (χ3n) is 3.93. The number of aryl methyl sites for hydroxylation is 4. The van der Waals surface area contributed by atoms with Crippen LogP contribution in [0.3, 0.4) is 0 Å². The molecule has 0 fully saturated rings. The number of aliphatic hydroxyl groups is 1. The Morgan fingerprint density at radius 3 is 2.35 bits per heavy atom. The van der Waals surface area contributed by atoms with Gasteiger partial charge in [0.15, 0.2) is 0 Å². The van der Waals surface area contributed by atoms with Gasteiger partial charge in [-0.3, -0.25) is 9.36 Å². The van der Waals surface area contributed by atoms with Crippen molar-refractivity contribution in [3.8, 4) is 0 Å². The first kappa shape index (κ1) is 14.8. The van der Waals surface area contributed by atoms with E-state index in [2.05, 4.69) is 17.1 Å². The molecular weight excluding hydrogens is 252 g/mol. The molecule has 110 valence electrons. The number of hydrogen-bond acceptors (Lipinski definition) is 3. The number of nitrogens with zero attached hydrogens (tertiary/aromatic N) is 4. The van der Waals surface area contributed by atoms with Crippen LogP contribution in [0.25, 0.3) is 0 Å². The Bertz CT molecular complexity index is 597. The van der Waals surface area contributed by atoms with E-state index in [0.717, 1.165) is 29.9 Å². The number of rotatable bonds is 5. The van der Waals surface area contributed by atoms with Crippen LogP contribution in [0.4, 0.5) is 0 Å². The maximum Gasteiger partial charge on any atom is 0.0628 e. The van der Waals surface area contributed by atoms with Crippen LogP contribution in [0.15, 0.2) is 6.07 Å². The van der Waals surface area contributed by atoms with Crippen molar-refractivity contribution in [1.82, 2.24) is 19.6 Å². The van der Waals surface area contributed by atoms with Gasteiger partial charge in [0.25, 0.3) is 0 Å². The number of aliphatic hydroxyl groups excluding tert-OH is 1. The van der Waals surface area contributed by atoms with E-state index in [-0.39, 0.29) is 6.10 Å². The summed E-state index contributed by atoms with van der Waals surface area (Å²) in [5.41, 5.74) is 5.58. The molecule has 0 radical (unpaired) electrons. The van der Waals surface area contributed by atoms with E-state index in [0.29, 0.717) is 6.42 Å². The van der Waals surface area contributed by atoms with Gasteiger partial charge in [-0.2, -0.15) is 10.2 Å². The molecule has 0 aliphatic rings. The molecule has 1 N–H and O–H groups in total. The van der Waals surface area contributed by atoms with Crippen LogP contribution in [0.1, 0.15) is 34.8 Å². The summed E-state index contributed by atoms with van der Waals surface area (Å²) < 4.78 is 3.75. The molecule has 0 aliphatic carbocycles. The molecule has 0 aliphatic heterocycles. The second-order valence-electron chi connectivity index (χ2n) is 5.57. The van der Waals surface area contributed by atoms with Crippen LogP contribution in [0, 0.1) is 20.8 Å². The molecule has 2 aromatic heterocycles. The van der Waals surface area contributed by atoms with E-state index in [4.69, 9.17) is 0 Å². The molecule has 0 bridgehead atoms. The molecule has 1 atom stereocenters. The van der Waals surface area contributed by atoms with Gasteiger partial charge in [0.2, 0.25) is 0 Å². The summed E-state index contributed by atoms with van der Waals surface area (Å²) in [6.07, 6.45) is 1.92. The SMILES string of the molecule is Cc1cc(CC(O)CCc2c(C)nn(C)c2C)n(C)n1. The minimum Gasteiger partial charge on any atom is -0.393 e. The number of aromatic nitrogens is 4. The highest BCUT2D eigenvalue weighted by Gasteiger charge is 2.14. The first-order valence-electron chi connectivity index (χ1n) is 7.05. The summed E-state index contributed by atoms with van der Waals surface area (Å²) in [4.78, 5) is 0. The highest BCUT2D eigenvalue weighted by Crippen LogP contribution is 2.16. The molecule has 2 rings (SSSR count). The molecule has 0 saturated heterocycles. The van der Waals surface area contributed by atoms with E-state index in [9.17, 15) is 5.11 Å². The summed E-state index contributed by atoms with van der Waals surface area (Å²) in [5.74, 6) is 0. The van der Waals surface area contributed by atoms with Gasteiger partial charge in [-0.25, -0.2) is 0 Å². The van der Waals surface area contributed by atoms with E-state index in [1.807, 2.05) is 43.4 Å². The Balaban J connectivity index is 1.95. The quantitative estimate of drug-likeness (QED) is 0.902. The van der Waals surface area contributed by atoms with Crippen molar-refractivity contribution in [3.05, 3.63) is 34.4 Å². The average Bonchev–Trinajstić information content (AvgIpc) is 2.78. The average molecular weight is 276 g/mol. The van der Waals surface area contributed by atoms with Gasteiger partial charge in [-0.15, -0.1) is 0 Å². The van der Waals surface area contributed by atoms with Gasteiger partial charge < -0.3 is 5.11 Å². The molecule has 5 heteroatoms. The Kier molecular flexibility index (Phi) is 4.28. The van der Waals surface area contributed by atoms with Crippen molar-refractivity contribution in [2.75, 3.05) is 0 Å².